The van der Waals surface area contributed by atoms with E-state index in [-0.39, 0.29) is 28.4 Å². The Morgan fingerprint density at radius 1 is 1.15 bits per heavy atom. The monoisotopic (exact) mass is 278 g/mol. The molecule has 0 spiro atoms. The van der Waals surface area contributed by atoms with E-state index in [0.717, 1.165) is 0 Å². The summed E-state index contributed by atoms with van der Waals surface area (Å²) in [6, 6.07) is 1.44. The van der Waals surface area contributed by atoms with E-state index in [0.29, 0.717) is 16.7 Å². The smallest absolute Gasteiger partial charge is 0.347 e. The van der Waals surface area contributed by atoms with Gasteiger partial charge in [0.15, 0.2) is 0 Å². The molecule has 3 N–H and O–H groups in total. The van der Waals surface area contributed by atoms with Crippen molar-refractivity contribution in [3.63, 3.8) is 0 Å². The summed E-state index contributed by atoms with van der Waals surface area (Å²) in [7, 11) is 0. The molecule has 0 amide bonds. The van der Waals surface area contributed by atoms with Crippen LogP contribution in [0.2, 0.25) is 0 Å². The summed E-state index contributed by atoms with van der Waals surface area (Å²) >= 11 is 0. The fraction of sp³-hybridized carbons (Fsp3) is 0.400. The van der Waals surface area contributed by atoms with E-state index in [1.165, 1.54) is 13.0 Å². The van der Waals surface area contributed by atoms with Crippen LogP contribution >= 0.6 is 0 Å². The number of fused-ring (bicyclic) bond motifs is 1. The first kappa shape index (κ1) is 14.4. The van der Waals surface area contributed by atoms with E-state index >= 15 is 0 Å². The Hall–Kier alpha value is -2.01. The van der Waals surface area contributed by atoms with Crippen LogP contribution in [0.3, 0.4) is 0 Å². The van der Waals surface area contributed by atoms with Crippen molar-refractivity contribution in [2.75, 3.05) is 0 Å². The highest BCUT2D eigenvalue weighted by Gasteiger charge is 2.22. The van der Waals surface area contributed by atoms with Gasteiger partial charge in [-0.25, -0.2) is 4.79 Å². The summed E-state index contributed by atoms with van der Waals surface area (Å²) in [5.74, 6) is -0.356. The molecule has 1 aromatic carbocycles. The number of phenolic OH excluding ortho intramolecular Hbond substituents is 2. The molecule has 5 nitrogen and oxygen atoms in total. The molecule has 20 heavy (non-hydrogen) atoms. The fourth-order valence-corrected chi connectivity index (χ4v) is 2.27. The molecule has 0 aliphatic carbocycles. The van der Waals surface area contributed by atoms with Gasteiger partial charge in [-0.15, -0.1) is 0 Å². The van der Waals surface area contributed by atoms with Gasteiger partial charge < -0.3 is 19.7 Å². The van der Waals surface area contributed by atoms with Crippen LogP contribution in [-0.4, -0.2) is 21.4 Å². The van der Waals surface area contributed by atoms with Gasteiger partial charge in [-0.2, -0.15) is 0 Å². The highest BCUT2D eigenvalue weighted by Crippen LogP contribution is 2.36. The van der Waals surface area contributed by atoms with E-state index in [9.17, 15) is 20.1 Å². The van der Waals surface area contributed by atoms with Gasteiger partial charge in [0.1, 0.15) is 22.6 Å². The van der Waals surface area contributed by atoms with E-state index in [1.54, 1.807) is 20.8 Å². The van der Waals surface area contributed by atoms with Gasteiger partial charge in [-0.1, -0.05) is 6.92 Å². The van der Waals surface area contributed by atoms with Gasteiger partial charge in [0, 0.05) is 16.9 Å². The zero-order chi connectivity index (χ0) is 15.2. The average molecular weight is 278 g/mol. The first-order chi connectivity index (χ1) is 9.25. The number of hydrogen-bond donors (Lipinski definition) is 3. The Labute approximate surface area is 116 Å². The van der Waals surface area contributed by atoms with Crippen LogP contribution in [-0.2, 0) is 0 Å². The maximum atomic E-state index is 12.1. The first-order valence-electron chi connectivity index (χ1n) is 6.42. The van der Waals surface area contributed by atoms with E-state index in [4.69, 9.17) is 4.42 Å². The van der Waals surface area contributed by atoms with Gasteiger partial charge in [0.25, 0.3) is 0 Å². The number of aliphatic hydroxyl groups is 1. The van der Waals surface area contributed by atoms with Crippen molar-refractivity contribution >= 4 is 10.8 Å². The molecule has 5 heteroatoms. The molecule has 1 heterocycles. The van der Waals surface area contributed by atoms with Crippen LogP contribution in [0, 0.1) is 13.8 Å². The third-order valence-corrected chi connectivity index (χ3v) is 3.84. The van der Waals surface area contributed by atoms with Crippen molar-refractivity contribution in [1.29, 1.82) is 0 Å². The Morgan fingerprint density at radius 3 is 2.30 bits per heavy atom. The van der Waals surface area contributed by atoms with Crippen molar-refractivity contribution in [2.45, 2.75) is 39.7 Å². The quantitative estimate of drug-likeness (QED) is 0.784. The molecule has 2 atom stereocenters. The molecule has 0 aliphatic heterocycles. The minimum absolute atomic E-state index is 0.0549. The molecule has 0 saturated heterocycles. The van der Waals surface area contributed by atoms with E-state index in [2.05, 4.69) is 0 Å². The zero-order valence-electron chi connectivity index (χ0n) is 11.9. The number of phenols is 2. The van der Waals surface area contributed by atoms with Crippen LogP contribution in [0.1, 0.15) is 36.7 Å². The SMILES string of the molecule is Cc1c(O)cc2c(C)c(C(C)C(C)O)oc(=O)c2c1O. The van der Waals surface area contributed by atoms with Gasteiger partial charge in [-0.3, -0.25) is 0 Å². The van der Waals surface area contributed by atoms with Gasteiger partial charge in [0.05, 0.1) is 6.10 Å². The average Bonchev–Trinajstić information content (AvgIpc) is 2.38. The first-order valence-corrected chi connectivity index (χ1v) is 6.42. The fourth-order valence-electron chi connectivity index (χ4n) is 2.27. The zero-order valence-corrected chi connectivity index (χ0v) is 11.9. The molecule has 0 bridgehead atoms. The highest BCUT2D eigenvalue weighted by atomic mass is 16.4. The minimum atomic E-state index is -0.679. The number of rotatable bonds is 2. The number of benzene rings is 1. The lowest BCUT2D eigenvalue weighted by molar-refractivity contribution is 0.156. The Kier molecular flexibility index (Phi) is 3.48. The number of hydrogen-bond acceptors (Lipinski definition) is 5. The van der Waals surface area contributed by atoms with Crippen molar-refractivity contribution in [2.24, 2.45) is 0 Å². The van der Waals surface area contributed by atoms with E-state index in [1.807, 2.05) is 0 Å². The number of aromatic hydroxyl groups is 2. The molecule has 0 aliphatic rings. The molecule has 0 radical (unpaired) electrons. The van der Waals surface area contributed by atoms with Gasteiger partial charge in [0.2, 0.25) is 0 Å². The second-order valence-electron chi connectivity index (χ2n) is 5.20. The van der Waals surface area contributed by atoms with Gasteiger partial charge >= 0.3 is 5.63 Å². The number of aliphatic hydroxyl groups excluding tert-OH is 1. The van der Waals surface area contributed by atoms with Crippen LogP contribution in [0.15, 0.2) is 15.3 Å². The summed E-state index contributed by atoms with van der Waals surface area (Å²) < 4.78 is 5.26. The second-order valence-corrected chi connectivity index (χ2v) is 5.20. The molecule has 108 valence electrons. The molecular weight excluding hydrogens is 260 g/mol. The molecular formula is C15H18O5. The van der Waals surface area contributed by atoms with Crippen LogP contribution in [0.4, 0.5) is 0 Å². The van der Waals surface area contributed by atoms with E-state index < -0.39 is 11.7 Å². The minimum Gasteiger partial charge on any atom is -0.508 e. The normalized spacial score (nSPS) is 14.4. The van der Waals surface area contributed by atoms with Gasteiger partial charge in [-0.05, 0) is 32.4 Å². The van der Waals surface area contributed by atoms with Crippen molar-refractivity contribution < 1.29 is 19.7 Å². The predicted octanol–water partition coefficient (Wildman–Crippen LogP) is 2.31. The largest absolute Gasteiger partial charge is 0.508 e. The summed E-state index contributed by atoms with van der Waals surface area (Å²) in [5.41, 5.74) is 0.188. The third-order valence-electron chi connectivity index (χ3n) is 3.84. The lowest BCUT2D eigenvalue weighted by atomic mass is 9.95. The predicted molar refractivity (Wildman–Crippen MR) is 75.4 cm³/mol. The summed E-state index contributed by atoms with van der Waals surface area (Å²) in [5, 5.41) is 30.0. The van der Waals surface area contributed by atoms with Crippen molar-refractivity contribution in [1.82, 2.24) is 0 Å². The molecule has 0 fully saturated rings. The lowest BCUT2D eigenvalue weighted by Gasteiger charge is -2.17. The maximum Gasteiger partial charge on any atom is 0.347 e. The van der Waals surface area contributed by atoms with Crippen molar-refractivity contribution in [3.05, 3.63) is 33.4 Å². The molecule has 2 rings (SSSR count). The Morgan fingerprint density at radius 2 is 1.75 bits per heavy atom. The van der Waals surface area contributed by atoms with Crippen LogP contribution in [0.5, 0.6) is 11.5 Å². The molecule has 2 unspecified atom stereocenters. The maximum absolute atomic E-state index is 12.1. The van der Waals surface area contributed by atoms with Crippen LogP contribution < -0.4 is 5.63 Å². The Balaban J connectivity index is 2.91. The molecule has 0 saturated carbocycles. The molecule has 2 aromatic rings. The standard InChI is InChI=1S/C15H18O5/c1-6(9(4)16)14-7(2)10-5-11(17)8(3)13(18)12(10)15(19)20-14/h5-6,9,16-18H,1-4H3. The Bertz CT molecular complexity index is 727. The summed E-state index contributed by atoms with van der Waals surface area (Å²) in [6.07, 6.45) is -0.679. The highest BCUT2D eigenvalue weighted by molar-refractivity contribution is 5.92. The summed E-state index contributed by atoms with van der Waals surface area (Å²) in [6.45, 7) is 6.60. The third kappa shape index (κ3) is 2.04. The second kappa shape index (κ2) is 4.83. The molecule has 1 aromatic heterocycles. The van der Waals surface area contributed by atoms with Crippen LogP contribution in [0.25, 0.3) is 10.8 Å². The lowest BCUT2D eigenvalue weighted by Crippen LogP contribution is -2.15. The summed E-state index contributed by atoms with van der Waals surface area (Å²) in [4.78, 5) is 12.1. The van der Waals surface area contributed by atoms with Crippen molar-refractivity contribution in [3.8, 4) is 11.5 Å². The number of aryl methyl sites for hydroxylation is 1. The topological polar surface area (TPSA) is 90.9 Å².